The third-order valence-corrected chi connectivity index (χ3v) is 8.41. The molecule has 5 nitrogen and oxygen atoms in total. The number of rotatable bonds is 8. The number of nitriles is 1. The van der Waals surface area contributed by atoms with E-state index in [1.165, 1.54) is 0 Å². The number of terminal acetylenes is 1. The van der Waals surface area contributed by atoms with Crippen LogP contribution in [0.25, 0.3) is 28.0 Å². The highest BCUT2D eigenvalue weighted by atomic mass is 16.5. The molecule has 5 heteroatoms. The van der Waals surface area contributed by atoms with E-state index in [1.54, 1.807) is 20.3 Å². The number of methoxy groups -OCH3 is 2. The lowest BCUT2D eigenvalue weighted by molar-refractivity contribution is 0.122. The molecule has 0 radical (unpaired) electrons. The van der Waals surface area contributed by atoms with Crippen LogP contribution in [0.2, 0.25) is 0 Å². The Balaban J connectivity index is 0.00000116. The zero-order valence-electron chi connectivity index (χ0n) is 27.2. The summed E-state index contributed by atoms with van der Waals surface area (Å²) in [5.41, 5.74) is 5.68. The Labute approximate surface area is 273 Å². The number of aromatic hydroxyl groups is 1. The summed E-state index contributed by atoms with van der Waals surface area (Å²) in [5, 5.41) is 22.0. The summed E-state index contributed by atoms with van der Waals surface area (Å²) in [6.45, 7) is 5.95. The van der Waals surface area contributed by atoms with Crippen molar-refractivity contribution in [1.82, 2.24) is 0 Å². The fraction of sp³-hybridized carbons (Fsp3) is 0.244. The van der Waals surface area contributed by atoms with E-state index in [4.69, 9.17) is 14.2 Å². The third kappa shape index (κ3) is 6.10. The smallest absolute Gasteiger partial charge is 0.156 e. The van der Waals surface area contributed by atoms with Gasteiger partial charge in [-0.15, -0.1) is 12.8 Å². The van der Waals surface area contributed by atoms with Gasteiger partial charge < -0.3 is 19.3 Å². The average molecular weight is 612 g/mol. The zero-order chi connectivity index (χ0) is 33.3. The summed E-state index contributed by atoms with van der Waals surface area (Å²) in [6.07, 6.45) is 20.0. The first-order valence-electron chi connectivity index (χ1n) is 15.5. The third-order valence-electron chi connectivity index (χ3n) is 8.41. The number of hydrogen-bond donors (Lipinski definition) is 1. The van der Waals surface area contributed by atoms with Crippen LogP contribution in [0.5, 0.6) is 17.2 Å². The summed E-state index contributed by atoms with van der Waals surface area (Å²) >= 11 is 0. The maximum absolute atomic E-state index is 10.5. The molecule has 234 valence electrons. The second kappa shape index (κ2) is 15.1. The average Bonchev–Trinajstić information content (AvgIpc) is 3.44. The van der Waals surface area contributed by atoms with Crippen LogP contribution in [-0.2, 0) is 10.3 Å². The molecule has 4 aromatic carbocycles. The first-order valence-corrected chi connectivity index (χ1v) is 15.5. The van der Waals surface area contributed by atoms with E-state index in [1.807, 2.05) is 75.4 Å². The van der Waals surface area contributed by atoms with Crippen molar-refractivity contribution in [3.63, 3.8) is 0 Å². The molecule has 0 spiro atoms. The van der Waals surface area contributed by atoms with E-state index in [9.17, 15) is 10.4 Å². The molecule has 0 fully saturated rings. The van der Waals surface area contributed by atoms with Gasteiger partial charge in [0.25, 0.3) is 0 Å². The van der Waals surface area contributed by atoms with Crippen LogP contribution in [-0.4, -0.2) is 19.3 Å². The van der Waals surface area contributed by atoms with E-state index in [2.05, 4.69) is 55.3 Å². The Hall–Kier alpha value is -5.39. The van der Waals surface area contributed by atoms with Crippen LogP contribution in [0.3, 0.4) is 0 Å². The van der Waals surface area contributed by atoms with Crippen LogP contribution in [0.1, 0.15) is 68.2 Å². The summed E-state index contributed by atoms with van der Waals surface area (Å²) in [4.78, 5) is 0. The second-order valence-corrected chi connectivity index (χ2v) is 10.7. The van der Waals surface area contributed by atoms with Crippen molar-refractivity contribution >= 4 is 16.8 Å². The number of benzene rings is 4. The molecule has 2 aliphatic rings. The number of phenolic OH excluding ortho intramolecular Hbond substituents is 1. The van der Waals surface area contributed by atoms with E-state index in [0.29, 0.717) is 19.3 Å². The van der Waals surface area contributed by atoms with Crippen molar-refractivity contribution in [2.24, 2.45) is 0 Å². The van der Waals surface area contributed by atoms with Crippen molar-refractivity contribution in [2.45, 2.75) is 51.6 Å². The van der Waals surface area contributed by atoms with Crippen LogP contribution in [0, 0.1) is 24.2 Å². The number of allylic oxidation sites excluding steroid dienone is 2. The number of hydrogen-bond acceptors (Lipinski definition) is 5. The SMILES string of the molecule is C#C.C/C=C(\C=C/CC1(c2ccccc2)C=Cc2c3c(c4ccc(OC)cc4c2O1)-c1ccc(O)cc1C3CCC#N)OC.CC. The molecule has 1 N–H and O–H groups in total. The van der Waals surface area contributed by atoms with Crippen molar-refractivity contribution < 1.29 is 19.3 Å². The molecular formula is C41H41NO4. The molecule has 2 atom stereocenters. The molecule has 1 aliphatic carbocycles. The molecule has 0 saturated carbocycles. The van der Waals surface area contributed by atoms with Gasteiger partial charge in [0.05, 0.1) is 20.3 Å². The molecule has 6 rings (SSSR count). The fourth-order valence-corrected chi connectivity index (χ4v) is 6.43. The molecule has 1 heterocycles. The van der Waals surface area contributed by atoms with E-state index in [-0.39, 0.29) is 11.7 Å². The first kappa shape index (κ1) is 33.5. The Morgan fingerprint density at radius 3 is 2.48 bits per heavy atom. The predicted molar refractivity (Wildman–Crippen MR) is 188 cm³/mol. The molecule has 1 aliphatic heterocycles. The molecule has 4 aromatic rings. The van der Waals surface area contributed by atoms with Gasteiger partial charge in [-0.3, -0.25) is 0 Å². The zero-order valence-corrected chi connectivity index (χ0v) is 27.2. The predicted octanol–water partition coefficient (Wildman–Crippen LogP) is 10.0. The molecule has 46 heavy (non-hydrogen) atoms. The monoisotopic (exact) mass is 611 g/mol. The quantitative estimate of drug-likeness (QED) is 0.122. The summed E-state index contributed by atoms with van der Waals surface area (Å²) in [7, 11) is 3.34. The Morgan fingerprint density at radius 2 is 1.80 bits per heavy atom. The Bertz CT molecular complexity index is 1840. The summed E-state index contributed by atoms with van der Waals surface area (Å²) < 4.78 is 18.3. The summed E-state index contributed by atoms with van der Waals surface area (Å²) in [6, 6.07) is 24.3. The lowest BCUT2D eigenvalue weighted by Gasteiger charge is -2.37. The van der Waals surface area contributed by atoms with E-state index < -0.39 is 5.60 Å². The van der Waals surface area contributed by atoms with E-state index >= 15 is 0 Å². The lowest BCUT2D eigenvalue weighted by Crippen LogP contribution is -2.33. The van der Waals surface area contributed by atoms with Gasteiger partial charge in [0.2, 0.25) is 0 Å². The Morgan fingerprint density at radius 1 is 1.04 bits per heavy atom. The fourth-order valence-electron chi connectivity index (χ4n) is 6.43. The minimum absolute atomic E-state index is 0.0432. The van der Waals surface area contributed by atoms with Gasteiger partial charge in [-0.25, -0.2) is 0 Å². The number of fused-ring (bicyclic) bond motifs is 8. The molecule has 2 unspecified atom stereocenters. The highest BCUT2D eigenvalue weighted by Crippen LogP contribution is 2.57. The molecular weight excluding hydrogens is 570 g/mol. The molecule has 0 saturated heterocycles. The molecule has 0 bridgehead atoms. The van der Waals surface area contributed by atoms with Crippen molar-refractivity contribution in [1.29, 1.82) is 5.26 Å². The van der Waals surface area contributed by atoms with Crippen molar-refractivity contribution in [2.75, 3.05) is 14.2 Å². The van der Waals surface area contributed by atoms with Gasteiger partial charge >= 0.3 is 0 Å². The summed E-state index contributed by atoms with van der Waals surface area (Å²) in [5.74, 6) is 2.50. The maximum atomic E-state index is 10.5. The first-order chi connectivity index (χ1) is 22.5. The minimum Gasteiger partial charge on any atom is -0.508 e. The highest BCUT2D eigenvalue weighted by Gasteiger charge is 2.40. The van der Waals surface area contributed by atoms with Gasteiger partial charge in [-0.05, 0) is 95.1 Å². The van der Waals surface area contributed by atoms with Gasteiger partial charge in [-0.2, -0.15) is 5.26 Å². The molecule has 0 amide bonds. The second-order valence-electron chi connectivity index (χ2n) is 10.7. The van der Waals surface area contributed by atoms with Gasteiger partial charge in [0, 0.05) is 29.7 Å². The number of phenols is 1. The molecule has 0 aromatic heterocycles. The minimum atomic E-state index is -0.756. The topological polar surface area (TPSA) is 71.7 Å². The lowest BCUT2D eigenvalue weighted by atomic mass is 9.82. The largest absolute Gasteiger partial charge is 0.508 e. The maximum Gasteiger partial charge on any atom is 0.156 e. The van der Waals surface area contributed by atoms with Gasteiger partial charge in [0.15, 0.2) is 5.60 Å². The van der Waals surface area contributed by atoms with Crippen LogP contribution in [0.4, 0.5) is 0 Å². The van der Waals surface area contributed by atoms with Crippen LogP contribution < -0.4 is 9.47 Å². The van der Waals surface area contributed by atoms with Crippen molar-refractivity contribution in [3.8, 4) is 47.3 Å². The number of ether oxygens (including phenoxy) is 3. The standard InChI is InChI=1S/C37H33NO4.C2H6.C2H2/c1-4-26(40-2)12-8-19-37(24-10-6-5-7-11-24)20-18-31-35-28(13-9-21-38)32-22-25(39)14-16-29(32)34(35)30-17-15-27(41-3)23-33(30)36(31)42-37;2*1-2/h4-8,10-12,14-18,20,22-23,28,39H,9,13,19H2,1-3H3;1-2H3;1-2H/b12-8-,26-4+;;. The number of nitrogens with zero attached hydrogens (tertiary/aromatic N) is 1. The highest BCUT2D eigenvalue weighted by molar-refractivity contribution is 6.08. The van der Waals surface area contributed by atoms with Crippen LogP contribution in [0.15, 0.2) is 96.8 Å². The van der Waals surface area contributed by atoms with Crippen LogP contribution >= 0.6 is 0 Å². The van der Waals surface area contributed by atoms with Gasteiger partial charge in [-0.1, -0.05) is 62.4 Å². The van der Waals surface area contributed by atoms with Crippen molar-refractivity contribution in [3.05, 3.63) is 119 Å². The normalized spacial score (nSPS) is 17.3. The Kier molecular flexibility index (Phi) is 11.0. The van der Waals surface area contributed by atoms with E-state index in [0.717, 1.165) is 61.4 Å². The van der Waals surface area contributed by atoms with Gasteiger partial charge in [0.1, 0.15) is 23.0 Å².